The second-order valence-corrected chi connectivity index (χ2v) is 10.1. The number of benzene rings is 3. The summed E-state index contributed by atoms with van der Waals surface area (Å²) < 4.78 is 18.6. The van der Waals surface area contributed by atoms with Crippen LogP contribution in [0.25, 0.3) is 22.0 Å². The highest BCUT2D eigenvalue weighted by Crippen LogP contribution is 2.39. The van der Waals surface area contributed by atoms with Crippen molar-refractivity contribution in [2.75, 3.05) is 47.1 Å². The molecule has 4 aromatic rings. The highest BCUT2D eigenvalue weighted by atomic mass is 16.5. The van der Waals surface area contributed by atoms with Gasteiger partial charge in [-0.25, -0.2) is 0 Å². The summed E-state index contributed by atoms with van der Waals surface area (Å²) in [6.45, 7) is 6.93. The van der Waals surface area contributed by atoms with Crippen molar-refractivity contribution in [3.63, 3.8) is 0 Å². The number of allylic oxidation sites excluding steroid dienone is 1. The Morgan fingerprint density at radius 3 is 2.05 bits per heavy atom. The van der Waals surface area contributed by atoms with Crippen LogP contribution in [0, 0.1) is 0 Å². The van der Waals surface area contributed by atoms with Crippen molar-refractivity contribution < 1.29 is 24.2 Å². The molecule has 204 valence electrons. The lowest BCUT2D eigenvalue weighted by Crippen LogP contribution is -3.15. The number of ether oxygens (including phenoxy) is 3. The van der Waals surface area contributed by atoms with E-state index in [1.54, 1.807) is 14.2 Å². The van der Waals surface area contributed by atoms with E-state index in [9.17, 15) is 5.11 Å². The third-order valence-electron chi connectivity index (χ3n) is 7.66. The van der Waals surface area contributed by atoms with E-state index in [0.29, 0.717) is 6.54 Å². The molecule has 1 atom stereocenters. The van der Waals surface area contributed by atoms with E-state index in [0.717, 1.165) is 67.4 Å². The molecule has 0 bridgehead atoms. The molecule has 0 amide bonds. The van der Waals surface area contributed by atoms with Gasteiger partial charge in [0.25, 0.3) is 0 Å². The third-order valence-corrected chi connectivity index (χ3v) is 7.66. The predicted octanol–water partition coefficient (Wildman–Crippen LogP) is 4.30. The van der Waals surface area contributed by atoms with E-state index in [2.05, 4.69) is 66.2 Å². The number of quaternary nitrogens is 1. The van der Waals surface area contributed by atoms with Crippen molar-refractivity contribution in [2.45, 2.75) is 26.0 Å². The average molecular weight is 528 g/mol. The van der Waals surface area contributed by atoms with Crippen LogP contribution in [0.4, 0.5) is 0 Å². The first kappa shape index (κ1) is 27.0. The first-order valence-electron chi connectivity index (χ1n) is 13.8. The van der Waals surface area contributed by atoms with Gasteiger partial charge in [0, 0.05) is 22.7 Å². The lowest BCUT2D eigenvalue weighted by molar-refractivity contribution is -0.911. The summed E-state index contributed by atoms with van der Waals surface area (Å²) in [5.74, 6) is 1.66. The normalized spacial score (nSPS) is 14.8. The molecule has 1 aliphatic rings. The summed E-state index contributed by atoms with van der Waals surface area (Å²) in [4.78, 5) is 1.40. The summed E-state index contributed by atoms with van der Waals surface area (Å²) >= 11 is 0. The molecular formula is C33H39N2O4+. The largest absolute Gasteiger partial charge is 0.497 e. The molecule has 3 aromatic carbocycles. The fourth-order valence-electron chi connectivity index (χ4n) is 5.66. The molecule has 0 spiro atoms. The zero-order valence-electron chi connectivity index (χ0n) is 23.2. The maximum Gasteiger partial charge on any atom is 0.121 e. The number of aliphatic hydroxyl groups excluding tert-OH is 1. The number of para-hydroxylation sites is 1. The quantitative estimate of drug-likeness (QED) is 0.323. The van der Waals surface area contributed by atoms with Crippen LogP contribution in [0.2, 0.25) is 0 Å². The van der Waals surface area contributed by atoms with Crippen molar-refractivity contribution in [3.05, 3.63) is 95.7 Å². The molecule has 0 saturated carbocycles. The van der Waals surface area contributed by atoms with Crippen LogP contribution >= 0.6 is 0 Å². The fourth-order valence-corrected chi connectivity index (χ4v) is 5.66. The third kappa shape index (κ3) is 6.04. The monoisotopic (exact) mass is 527 g/mol. The maximum atomic E-state index is 11.1. The minimum atomic E-state index is -0.432. The molecule has 1 saturated heterocycles. The molecule has 0 radical (unpaired) electrons. The van der Waals surface area contributed by atoms with Crippen LogP contribution in [-0.4, -0.2) is 62.8 Å². The Morgan fingerprint density at radius 1 is 0.897 bits per heavy atom. The molecule has 1 aromatic heterocycles. The van der Waals surface area contributed by atoms with Gasteiger partial charge in [0.15, 0.2) is 0 Å². The van der Waals surface area contributed by atoms with Crippen LogP contribution in [-0.2, 0) is 11.3 Å². The number of aromatic nitrogens is 1. The topological polar surface area (TPSA) is 57.3 Å². The van der Waals surface area contributed by atoms with Gasteiger partial charge in [-0.1, -0.05) is 49.4 Å². The van der Waals surface area contributed by atoms with Gasteiger partial charge in [-0.15, -0.1) is 0 Å². The molecule has 6 nitrogen and oxygen atoms in total. The lowest BCUT2D eigenvalue weighted by Gasteiger charge is -2.26. The number of hydrogen-bond acceptors (Lipinski definition) is 4. The molecule has 2 N–H and O–H groups in total. The molecule has 1 aliphatic heterocycles. The SMILES string of the molecule is CCC(=C(c1ccc(OC)cc1)c1ccc(OC)cc1)c1cn(C[C@H](O)C[NH+]2CCOCC2)c2ccccc12. The molecule has 1 fully saturated rings. The van der Waals surface area contributed by atoms with Crippen LogP contribution in [0.1, 0.15) is 30.0 Å². The van der Waals surface area contributed by atoms with Gasteiger partial charge in [-0.05, 0) is 59.0 Å². The number of morpholine rings is 1. The van der Waals surface area contributed by atoms with E-state index in [4.69, 9.17) is 14.2 Å². The van der Waals surface area contributed by atoms with E-state index in [1.807, 2.05) is 24.3 Å². The molecule has 0 unspecified atom stereocenters. The summed E-state index contributed by atoms with van der Waals surface area (Å²) in [6, 6.07) is 25.1. The van der Waals surface area contributed by atoms with Crippen molar-refractivity contribution in [1.82, 2.24) is 4.57 Å². The molecular weight excluding hydrogens is 488 g/mol. The average Bonchev–Trinajstić information content (AvgIpc) is 3.34. The number of rotatable bonds is 10. The van der Waals surface area contributed by atoms with Gasteiger partial charge in [-0.2, -0.15) is 0 Å². The van der Waals surface area contributed by atoms with Crippen LogP contribution in [0.5, 0.6) is 11.5 Å². The van der Waals surface area contributed by atoms with Crippen LogP contribution < -0.4 is 14.4 Å². The van der Waals surface area contributed by atoms with Gasteiger partial charge in [0.05, 0.1) is 34.0 Å². The van der Waals surface area contributed by atoms with E-state index < -0.39 is 6.10 Å². The van der Waals surface area contributed by atoms with E-state index in [1.165, 1.54) is 27.0 Å². The van der Waals surface area contributed by atoms with Crippen molar-refractivity contribution in [3.8, 4) is 11.5 Å². The summed E-state index contributed by atoms with van der Waals surface area (Å²) in [5, 5.41) is 12.3. The predicted molar refractivity (Wildman–Crippen MR) is 157 cm³/mol. The number of methoxy groups -OCH3 is 2. The van der Waals surface area contributed by atoms with Gasteiger partial charge in [-0.3, -0.25) is 0 Å². The van der Waals surface area contributed by atoms with E-state index >= 15 is 0 Å². The first-order valence-corrected chi connectivity index (χ1v) is 13.8. The number of fused-ring (bicyclic) bond motifs is 1. The molecule has 6 heteroatoms. The summed E-state index contributed by atoms with van der Waals surface area (Å²) in [7, 11) is 3.38. The Labute approximate surface area is 231 Å². The zero-order chi connectivity index (χ0) is 27.2. The second-order valence-electron chi connectivity index (χ2n) is 10.1. The number of nitrogens with one attached hydrogen (secondary N) is 1. The molecule has 2 heterocycles. The Balaban J connectivity index is 1.60. The maximum absolute atomic E-state index is 11.1. The number of aliphatic hydroxyl groups is 1. The molecule has 0 aliphatic carbocycles. The molecule has 39 heavy (non-hydrogen) atoms. The Hall–Kier alpha value is -3.58. The minimum absolute atomic E-state index is 0.432. The van der Waals surface area contributed by atoms with Gasteiger partial charge in [0.2, 0.25) is 0 Å². The number of hydrogen-bond donors (Lipinski definition) is 2. The Kier molecular flexibility index (Phi) is 8.67. The van der Waals surface area contributed by atoms with Gasteiger partial charge >= 0.3 is 0 Å². The van der Waals surface area contributed by atoms with Crippen LogP contribution in [0.15, 0.2) is 79.0 Å². The van der Waals surface area contributed by atoms with Gasteiger partial charge < -0.3 is 28.8 Å². The van der Waals surface area contributed by atoms with Crippen LogP contribution in [0.3, 0.4) is 0 Å². The van der Waals surface area contributed by atoms with Crippen molar-refractivity contribution in [1.29, 1.82) is 0 Å². The highest BCUT2D eigenvalue weighted by Gasteiger charge is 2.22. The second kappa shape index (κ2) is 12.5. The first-order chi connectivity index (χ1) is 19.1. The van der Waals surface area contributed by atoms with Crippen molar-refractivity contribution >= 4 is 22.0 Å². The van der Waals surface area contributed by atoms with E-state index in [-0.39, 0.29) is 0 Å². The zero-order valence-corrected chi connectivity index (χ0v) is 23.2. The summed E-state index contributed by atoms with van der Waals surface area (Å²) in [6.07, 6.45) is 2.65. The summed E-state index contributed by atoms with van der Waals surface area (Å²) in [5.41, 5.74) is 7.03. The molecule has 5 rings (SSSR count). The van der Waals surface area contributed by atoms with Gasteiger partial charge in [0.1, 0.15) is 37.2 Å². The Morgan fingerprint density at radius 2 is 1.49 bits per heavy atom. The highest BCUT2D eigenvalue weighted by molar-refractivity contribution is 6.05. The fraction of sp³-hybridized carbons (Fsp3) is 0.333. The van der Waals surface area contributed by atoms with Crippen molar-refractivity contribution in [2.24, 2.45) is 0 Å². The standard InChI is InChI=1S/C33H38N2O4/c1-4-29(33(24-9-13-27(37-2)14-10-24)25-11-15-28(38-3)16-12-25)31-23-35(32-8-6-5-7-30(31)32)22-26(36)21-34-17-19-39-20-18-34/h5-16,23,26,36H,4,17-22H2,1-3H3/p+1/t26-/m1/s1. The Bertz CT molecular complexity index is 1350. The number of nitrogens with zero attached hydrogens (tertiary/aromatic N) is 1. The smallest absolute Gasteiger partial charge is 0.121 e. The lowest BCUT2D eigenvalue weighted by atomic mass is 9.88. The minimum Gasteiger partial charge on any atom is -0.497 e.